The van der Waals surface area contributed by atoms with Gasteiger partial charge in [-0.25, -0.2) is 0 Å². The predicted octanol–water partition coefficient (Wildman–Crippen LogP) is 1.36. The van der Waals surface area contributed by atoms with Crippen LogP contribution in [0.3, 0.4) is 0 Å². The van der Waals surface area contributed by atoms with Crippen LogP contribution in [0.2, 0.25) is 0 Å². The third-order valence-corrected chi connectivity index (χ3v) is 3.14. The molecule has 0 aromatic carbocycles. The molecule has 0 aliphatic heterocycles. The normalized spacial score (nSPS) is 44.2. The Hall–Kier alpha value is -0.530. The second-order valence-corrected chi connectivity index (χ2v) is 3.74. The van der Waals surface area contributed by atoms with Gasteiger partial charge in [-0.1, -0.05) is 6.42 Å². The van der Waals surface area contributed by atoms with Crippen LogP contribution >= 0.6 is 0 Å². The summed E-state index contributed by atoms with van der Waals surface area (Å²) in [4.78, 5) is 0. The van der Waals surface area contributed by atoms with E-state index in [1.807, 2.05) is 0 Å². The van der Waals surface area contributed by atoms with Crippen LogP contribution in [-0.4, -0.2) is 5.84 Å². The third-order valence-electron chi connectivity index (χ3n) is 3.14. The standard InChI is InChI=1S/C8H14N2/c9-8(10)7-4-5-1-2-6(7)3-5/h5-7H,1-4H2,(H3,9,10)/t5-,6-,7+/m1/s1. The maximum atomic E-state index is 7.32. The minimum atomic E-state index is 0.437. The van der Waals surface area contributed by atoms with Gasteiger partial charge in [-0.05, 0) is 31.1 Å². The molecule has 0 saturated heterocycles. The van der Waals surface area contributed by atoms with Crippen molar-refractivity contribution >= 4 is 5.84 Å². The third kappa shape index (κ3) is 0.746. The van der Waals surface area contributed by atoms with Gasteiger partial charge in [0.25, 0.3) is 0 Å². The minimum absolute atomic E-state index is 0.437. The molecule has 2 bridgehead atoms. The van der Waals surface area contributed by atoms with Gasteiger partial charge in [0.2, 0.25) is 0 Å². The maximum Gasteiger partial charge on any atom is 0.0939 e. The molecule has 2 aliphatic rings. The monoisotopic (exact) mass is 138 g/mol. The molecule has 2 nitrogen and oxygen atoms in total. The summed E-state index contributed by atoms with van der Waals surface area (Å²) in [5.41, 5.74) is 5.47. The quantitative estimate of drug-likeness (QED) is 0.417. The van der Waals surface area contributed by atoms with Gasteiger partial charge in [-0.3, -0.25) is 5.41 Å². The highest BCUT2D eigenvalue weighted by atomic mass is 14.7. The van der Waals surface area contributed by atoms with E-state index < -0.39 is 0 Å². The Bertz CT molecular complexity index is 165. The molecule has 2 rings (SSSR count). The van der Waals surface area contributed by atoms with Gasteiger partial charge in [-0.2, -0.15) is 0 Å². The van der Waals surface area contributed by atoms with E-state index in [4.69, 9.17) is 11.1 Å². The highest BCUT2D eigenvalue weighted by Crippen LogP contribution is 2.47. The molecule has 2 fully saturated rings. The van der Waals surface area contributed by atoms with Crippen molar-refractivity contribution in [3.05, 3.63) is 0 Å². The molecule has 0 aromatic heterocycles. The fourth-order valence-electron chi connectivity index (χ4n) is 2.63. The Morgan fingerprint density at radius 1 is 1.30 bits per heavy atom. The van der Waals surface area contributed by atoms with Crippen molar-refractivity contribution in [1.29, 1.82) is 5.41 Å². The summed E-state index contributed by atoms with van der Waals surface area (Å²) < 4.78 is 0. The SMILES string of the molecule is N=C(N)[C@H]1C[C@@H]2CC[C@@H]1C2. The van der Waals surface area contributed by atoms with Crippen molar-refractivity contribution in [3.8, 4) is 0 Å². The first kappa shape index (κ1) is 6.20. The van der Waals surface area contributed by atoms with Gasteiger partial charge in [-0.15, -0.1) is 0 Å². The molecule has 0 amide bonds. The lowest BCUT2D eigenvalue weighted by Crippen LogP contribution is -2.26. The first-order valence-electron chi connectivity index (χ1n) is 4.11. The van der Waals surface area contributed by atoms with Crippen molar-refractivity contribution in [2.45, 2.75) is 25.7 Å². The van der Waals surface area contributed by atoms with Crippen LogP contribution in [0.1, 0.15) is 25.7 Å². The molecule has 0 heterocycles. The zero-order valence-corrected chi connectivity index (χ0v) is 6.14. The van der Waals surface area contributed by atoms with Crippen LogP contribution in [0.25, 0.3) is 0 Å². The van der Waals surface area contributed by atoms with E-state index in [9.17, 15) is 0 Å². The molecular weight excluding hydrogens is 124 g/mol. The highest BCUT2D eigenvalue weighted by Gasteiger charge is 2.40. The van der Waals surface area contributed by atoms with E-state index in [1.165, 1.54) is 25.7 Å². The summed E-state index contributed by atoms with van der Waals surface area (Å²) >= 11 is 0. The first-order valence-corrected chi connectivity index (χ1v) is 4.11. The fraction of sp³-hybridized carbons (Fsp3) is 0.875. The molecule has 0 radical (unpaired) electrons. The molecule has 0 spiro atoms. The summed E-state index contributed by atoms with van der Waals surface area (Å²) in [5.74, 6) is 2.59. The van der Waals surface area contributed by atoms with Crippen LogP contribution in [0.5, 0.6) is 0 Å². The first-order chi connectivity index (χ1) is 4.77. The molecule has 3 N–H and O–H groups in total. The van der Waals surface area contributed by atoms with Crippen molar-refractivity contribution in [2.24, 2.45) is 23.5 Å². The van der Waals surface area contributed by atoms with E-state index in [1.54, 1.807) is 0 Å². The second kappa shape index (κ2) is 1.97. The molecule has 10 heavy (non-hydrogen) atoms. The molecule has 2 heteroatoms. The Morgan fingerprint density at radius 2 is 2.10 bits per heavy atom. The van der Waals surface area contributed by atoms with Gasteiger partial charge < -0.3 is 5.73 Å². The summed E-state index contributed by atoms with van der Waals surface area (Å²) in [5, 5.41) is 7.32. The molecule has 2 aliphatic carbocycles. The lowest BCUT2D eigenvalue weighted by Gasteiger charge is -2.19. The van der Waals surface area contributed by atoms with Crippen molar-refractivity contribution < 1.29 is 0 Å². The minimum Gasteiger partial charge on any atom is -0.387 e. The highest BCUT2D eigenvalue weighted by molar-refractivity contribution is 5.80. The molecular formula is C8H14N2. The Morgan fingerprint density at radius 3 is 2.40 bits per heavy atom. The summed E-state index contributed by atoms with van der Waals surface area (Å²) in [6.07, 6.45) is 5.29. The van der Waals surface area contributed by atoms with E-state index in [2.05, 4.69) is 0 Å². The lowest BCUT2D eigenvalue weighted by atomic mass is 9.88. The average molecular weight is 138 g/mol. The van der Waals surface area contributed by atoms with Crippen LogP contribution in [0.4, 0.5) is 0 Å². The van der Waals surface area contributed by atoms with Crippen LogP contribution < -0.4 is 5.73 Å². The van der Waals surface area contributed by atoms with Gasteiger partial charge >= 0.3 is 0 Å². The Labute approximate surface area is 61.3 Å². The summed E-state index contributed by atoms with van der Waals surface area (Å²) in [7, 11) is 0. The van der Waals surface area contributed by atoms with E-state index in [0.29, 0.717) is 11.8 Å². The molecule has 56 valence electrons. The van der Waals surface area contributed by atoms with E-state index >= 15 is 0 Å². The van der Waals surface area contributed by atoms with Crippen LogP contribution in [0.15, 0.2) is 0 Å². The van der Waals surface area contributed by atoms with Gasteiger partial charge in [0, 0.05) is 5.92 Å². The maximum absolute atomic E-state index is 7.32. The predicted molar refractivity (Wildman–Crippen MR) is 40.9 cm³/mol. The fourth-order valence-corrected chi connectivity index (χ4v) is 2.63. The van der Waals surface area contributed by atoms with Crippen molar-refractivity contribution in [2.75, 3.05) is 0 Å². The van der Waals surface area contributed by atoms with E-state index in [0.717, 1.165) is 11.8 Å². The second-order valence-electron chi connectivity index (χ2n) is 3.74. The Balaban J connectivity index is 2.08. The number of fused-ring (bicyclic) bond motifs is 2. The number of hydrogen-bond donors (Lipinski definition) is 2. The summed E-state index contributed by atoms with van der Waals surface area (Å²) in [6.45, 7) is 0. The lowest BCUT2D eigenvalue weighted by molar-refractivity contribution is 0.412. The summed E-state index contributed by atoms with van der Waals surface area (Å²) in [6, 6.07) is 0. The molecule has 3 atom stereocenters. The van der Waals surface area contributed by atoms with Gasteiger partial charge in [0.05, 0.1) is 5.84 Å². The van der Waals surface area contributed by atoms with Gasteiger partial charge in [0.1, 0.15) is 0 Å². The number of rotatable bonds is 1. The number of amidine groups is 1. The Kier molecular flexibility index (Phi) is 1.22. The zero-order chi connectivity index (χ0) is 7.14. The van der Waals surface area contributed by atoms with E-state index in [-0.39, 0.29) is 0 Å². The number of hydrogen-bond acceptors (Lipinski definition) is 1. The smallest absolute Gasteiger partial charge is 0.0939 e. The average Bonchev–Trinajstić information content (AvgIpc) is 2.44. The largest absolute Gasteiger partial charge is 0.387 e. The zero-order valence-electron chi connectivity index (χ0n) is 6.14. The topological polar surface area (TPSA) is 49.9 Å². The molecule has 0 aromatic rings. The molecule has 2 saturated carbocycles. The van der Waals surface area contributed by atoms with Crippen LogP contribution in [-0.2, 0) is 0 Å². The number of nitrogens with one attached hydrogen (secondary N) is 1. The van der Waals surface area contributed by atoms with Crippen LogP contribution in [0, 0.1) is 23.2 Å². The number of nitrogens with two attached hydrogens (primary N) is 1. The van der Waals surface area contributed by atoms with Crippen molar-refractivity contribution in [1.82, 2.24) is 0 Å². The van der Waals surface area contributed by atoms with Gasteiger partial charge in [0.15, 0.2) is 0 Å². The van der Waals surface area contributed by atoms with Crippen molar-refractivity contribution in [3.63, 3.8) is 0 Å². The molecule has 0 unspecified atom stereocenters.